The van der Waals surface area contributed by atoms with Gasteiger partial charge in [0.2, 0.25) is 0 Å². The van der Waals surface area contributed by atoms with Gasteiger partial charge in [0.15, 0.2) is 6.61 Å². The number of nitrogens with one attached hydrogen (secondary N) is 1. The zero-order chi connectivity index (χ0) is 20.6. The standard InChI is InChI=1S/C25H23N3O2/c29-25(27-23-13-11-21(12-14-23)18-28-16-6-15-26-28)19-30-24-10-5-4-9-22(24)17-20-7-2-1-3-8-20/h1-16H,17-19H2,(H,27,29). The normalized spacial score (nSPS) is 10.5. The van der Waals surface area contributed by atoms with Crippen LogP contribution in [0.15, 0.2) is 97.3 Å². The highest BCUT2D eigenvalue weighted by atomic mass is 16.5. The molecule has 0 saturated heterocycles. The fourth-order valence-corrected chi connectivity index (χ4v) is 3.22. The summed E-state index contributed by atoms with van der Waals surface area (Å²) >= 11 is 0. The van der Waals surface area contributed by atoms with Crippen molar-refractivity contribution in [2.24, 2.45) is 0 Å². The van der Waals surface area contributed by atoms with E-state index in [1.165, 1.54) is 5.56 Å². The van der Waals surface area contributed by atoms with E-state index < -0.39 is 0 Å². The maximum atomic E-state index is 12.3. The van der Waals surface area contributed by atoms with Crippen LogP contribution < -0.4 is 10.1 Å². The number of carbonyl (C=O) groups excluding carboxylic acids is 1. The second-order valence-electron chi connectivity index (χ2n) is 7.01. The van der Waals surface area contributed by atoms with Gasteiger partial charge in [0.05, 0.1) is 6.54 Å². The molecule has 1 heterocycles. The van der Waals surface area contributed by atoms with Gasteiger partial charge in [0.25, 0.3) is 5.91 Å². The fourth-order valence-electron chi connectivity index (χ4n) is 3.22. The Balaban J connectivity index is 1.32. The van der Waals surface area contributed by atoms with Crippen LogP contribution in [0.1, 0.15) is 16.7 Å². The average Bonchev–Trinajstić information content (AvgIpc) is 3.28. The Morgan fingerprint density at radius 3 is 2.40 bits per heavy atom. The van der Waals surface area contributed by atoms with Crippen molar-refractivity contribution in [2.75, 3.05) is 11.9 Å². The van der Waals surface area contributed by atoms with E-state index in [-0.39, 0.29) is 12.5 Å². The van der Waals surface area contributed by atoms with E-state index in [1.807, 2.05) is 83.7 Å². The van der Waals surface area contributed by atoms with Crippen LogP contribution in [0.4, 0.5) is 5.69 Å². The van der Waals surface area contributed by atoms with Crippen LogP contribution in [0.25, 0.3) is 0 Å². The summed E-state index contributed by atoms with van der Waals surface area (Å²) in [5.74, 6) is 0.537. The third-order valence-electron chi connectivity index (χ3n) is 4.71. The van der Waals surface area contributed by atoms with Crippen LogP contribution in [-0.2, 0) is 17.8 Å². The molecule has 0 atom stereocenters. The molecule has 4 rings (SSSR count). The molecule has 0 saturated carbocycles. The highest BCUT2D eigenvalue weighted by Gasteiger charge is 2.08. The minimum Gasteiger partial charge on any atom is -0.483 e. The summed E-state index contributed by atoms with van der Waals surface area (Å²) < 4.78 is 7.67. The summed E-state index contributed by atoms with van der Waals surface area (Å²) in [7, 11) is 0. The van der Waals surface area contributed by atoms with E-state index in [0.717, 1.165) is 29.0 Å². The lowest BCUT2D eigenvalue weighted by atomic mass is 10.0. The van der Waals surface area contributed by atoms with Crippen molar-refractivity contribution in [1.82, 2.24) is 9.78 Å². The number of aromatic nitrogens is 2. The lowest BCUT2D eigenvalue weighted by Crippen LogP contribution is -2.20. The fraction of sp³-hybridized carbons (Fsp3) is 0.120. The van der Waals surface area contributed by atoms with Crippen molar-refractivity contribution >= 4 is 11.6 Å². The van der Waals surface area contributed by atoms with Crippen LogP contribution in [0.5, 0.6) is 5.75 Å². The molecule has 5 heteroatoms. The van der Waals surface area contributed by atoms with Gasteiger partial charge < -0.3 is 10.1 Å². The highest BCUT2D eigenvalue weighted by Crippen LogP contribution is 2.21. The smallest absolute Gasteiger partial charge is 0.262 e. The predicted octanol–water partition coefficient (Wildman–Crippen LogP) is 4.54. The summed E-state index contributed by atoms with van der Waals surface area (Å²) in [5.41, 5.74) is 4.11. The van der Waals surface area contributed by atoms with Gasteiger partial charge in [-0.2, -0.15) is 5.10 Å². The Morgan fingerprint density at radius 2 is 1.63 bits per heavy atom. The first-order chi connectivity index (χ1) is 14.8. The Morgan fingerprint density at radius 1 is 0.867 bits per heavy atom. The molecule has 1 amide bonds. The van der Waals surface area contributed by atoms with Gasteiger partial charge in [0, 0.05) is 24.5 Å². The minimum absolute atomic E-state index is 0.0408. The SMILES string of the molecule is O=C(COc1ccccc1Cc1ccccc1)Nc1ccc(Cn2cccn2)cc1. The van der Waals surface area contributed by atoms with E-state index in [1.54, 1.807) is 6.20 Å². The van der Waals surface area contributed by atoms with E-state index in [9.17, 15) is 4.79 Å². The summed E-state index contributed by atoms with van der Waals surface area (Å²) in [6.45, 7) is 0.656. The molecule has 0 radical (unpaired) electrons. The molecular formula is C25H23N3O2. The molecule has 0 fully saturated rings. The summed E-state index contributed by atoms with van der Waals surface area (Å²) in [6, 6.07) is 27.7. The number of benzene rings is 3. The molecule has 0 bridgehead atoms. The Kier molecular flexibility index (Phi) is 6.20. The lowest BCUT2D eigenvalue weighted by molar-refractivity contribution is -0.118. The average molecular weight is 397 g/mol. The topological polar surface area (TPSA) is 56.1 Å². The molecule has 0 aliphatic rings. The van der Waals surface area contributed by atoms with Crippen molar-refractivity contribution in [3.8, 4) is 5.75 Å². The first kappa shape index (κ1) is 19.5. The third-order valence-corrected chi connectivity index (χ3v) is 4.71. The molecule has 30 heavy (non-hydrogen) atoms. The molecule has 3 aromatic carbocycles. The van der Waals surface area contributed by atoms with Crippen LogP contribution in [0.2, 0.25) is 0 Å². The summed E-state index contributed by atoms with van der Waals surface area (Å²) in [5, 5.41) is 7.08. The number of rotatable bonds is 8. The van der Waals surface area contributed by atoms with Gasteiger partial charge in [-0.1, -0.05) is 60.7 Å². The maximum absolute atomic E-state index is 12.3. The number of amides is 1. The summed E-state index contributed by atoms with van der Waals surface area (Å²) in [4.78, 5) is 12.3. The van der Waals surface area contributed by atoms with Gasteiger partial charge in [-0.05, 0) is 41.0 Å². The third kappa shape index (κ3) is 5.35. The molecule has 0 spiro atoms. The molecule has 0 unspecified atom stereocenters. The number of carbonyl (C=O) groups is 1. The molecule has 150 valence electrons. The second-order valence-corrected chi connectivity index (χ2v) is 7.01. The van der Waals surface area contributed by atoms with E-state index in [4.69, 9.17) is 4.74 Å². The molecule has 0 aliphatic heterocycles. The first-order valence-corrected chi connectivity index (χ1v) is 9.87. The van der Waals surface area contributed by atoms with E-state index in [2.05, 4.69) is 22.5 Å². The van der Waals surface area contributed by atoms with Crippen molar-refractivity contribution in [1.29, 1.82) is 0 Å². The van der Waals surface area contributed by atoms with E-state index >= 15 is 0 Å². The molecule has 4 aromatic rings. The lowest BCUT2D eigenvalue weighted by Gasteiger charge is -2.12. The zero-order valence-electron chi connectivity index (χ0n) is 16.6. The molecule has 5 nitrogen and oxygen atoms in total. The Labute approximate surface area is 175 Å². The van der Waals surface area contributed by atoms with Gasteiger partial charge in [-0.25, -0.2) is 0 Å². The van der Waals surface area contributed by atoms with Crippen molar-refractivity contribution in [3.05, 3.63) is 114 Å². The molecule has 1 aromatic heterocycles. The maximum Gasteiger partial charge on any atom is 0.262 e. The minimum atomic E-state index is -0.190. The number of para-hydroxylation sites is 1. The predicted molar refractivity (Wildman–Crippen MR) is 118 cm³/mol. The van der Waals surface area contributed by atoms with Crippen LogP contribution >= 0.6 is 0 Å². The molecule has 0 aliphatic carbocycles. The van der Waals surface area contributed by atoms with Gasteiger partial charge in [-0.15, -0.1) is 0 Å². The van der Waals surface area contributed by atoms with Crippen molar-refractivity contribution < 1.29 is 9.53 Å². The highest BCUT2D eigenvalue weighted by molar-refractivity contribution is 5.91. The van der Waals surface area contributed by atoms with Gasteiger partial charge in [-0.3, -0.25) is 9.48 Å². The second kappa shape index (κ2) is 9.56. The Bertz CT molecular complexity index is 1080. The number of anilines is 1. The van der Waals surface area contributed by atoms with Crippen LogP contribution in [0, 0.1) is 0 Å². The number of nitrogens with zero attached hydrogens (tertiary/aromatic N) is 2. The number of hydrogen-bond acceptors (Lipinski definition) is 3. The molecular weight excluding hydrogens is 374 g/mol. The van der Waals surface area contributed by atoms with Gasteiger partial charge >= 0.3 is 0 Å². The van der Waals surface area contributed by atoms with Crippen LogP contribution in [-0.4, -0.2) is 22.3 Å². The number of hydrogen-bond donors (Lipinski definition) is 1. The first-order valence-electron chi connectivity index (χ1n) is 9.87. The zero-order valence-corrected chi connectivity index (χ0v) is 16.6. The number of ether oxygens (including phenoxy) is 1. The largest absolute Gasteiger partial charge is 0.483 e. The van der Waals surface area contributed by atoms with Crippen molar-refractivity contribution in [3.63, 3.8) is 0 Å². The Hall–Kier alpha value is -3.86. The quantitative estimate of drug-likeness (QED) is 0.475. The van der Waals surface area contributed by atoms with Crippen molar-refractivity contribution in [2.45, 2.75) is 13.0 Å². The van der Waals surface area contributed by atoms with E-state index in [0.29, 0.717) is 6.54 Å². The molecule has 1 N–H and O–H groups in total. The monoisotopic (exact) mass is 397 g/mol. The summed E-state index contributed by atoms with van der Waals surface area (Å²) in [6.07, 6.45) is 4.44. The van der Waals surface area contributed by atoms with Crippen LogP contribution in [0.3, 0.4) is 0 Å². The van der Waals surface area contributed by atoms with Gasteiger partial charge in [0.1, 0.15) is 5.75 Å².